The maximum Gasteiger partial charge on any atom is 0.408 e. The first-order chi connectivity index (χ1) is 15.7. The zero-order valence-corrected chi connectivity index (χ0v) is 23.7. The summed E-state index contributed by atoms with van der Waals surface area (Å²) in [7, 11) is -2.56. The lowest BCUT2D eigenvalue weighted by molar-refractivity contribution is -0.265. The number of alkyl carbamates (subject to hydrolysis) is 1. The Morgan fingerprint density at radius 3 is 1.83 bits per heavy atom. The van der Waals surface area contributed by atoms with E-state index in [4.69, 9.17) is 28.1 Å². The lowest BCUT2D eigenvalue weighted by Gasteiger charge is -2.49. The third-order valence-electron chi connectivity index (χ3n) is 5.60. The molecular formula is C23H41NO10Si. The Morgan fingerprint density at radius 1 is 0.857 bits per heavy atom. The number of amides is 1. The van der Waals surface area contributed by atoms with E-state index in [2.05, 4.69) is 5.32 Å². The lowest BCUT2D eigenvalue weighted by atomic mass is 9.96. The number of rotatable bonds is 7. The van der Waals surface area contributed by atoms with Crippen LogP contribution in [0.15, 0.2) is 0 Å². The number of hydrogen-bond acceptors (Lipinski definition) is 10. The van der Waals surface area contributed by atoms with Gasteiger partial charge in [0.05, 0.1) is 0 Å². The van der Waals surface area contributed by atoms with Crippen LogP contribution in [-0.2, 0) is 42.5 Å². The van der Waals surface area contributed by atoms with Crippen LogP contribution in [0.25, 0.3) is 0 Å². The summed E-state index contributed by atoms with van der Waals surface area (Å²) in [6.07, 6.45) is -5.26. The molecule has 0 radical (unpaired) electrons. The second kappa shape index (κ2) is 11.7. The smallest absolute Gasteiger partial charge is 0.408 e. The molecule has 1 heterocycles. The van der Waals surface area contributed by atoms with Gasteiger partial charge in [-0.3, -0.25) is 14.4 Å². The molecule has 35 heavy (non-hydrogen) atoms. The number of esters is 3. The Hall–Kier alpha value is -2.18. The molecule has 1 aliphatic heterocycles. The molecular weight excluding hydrogens is 478 g/mol. The first-order valence-electron chi connectivity index (χ1n) is 11.5. The molecule has 0 unspecified atom stereocenters. The van der Waals surface area contributed by atoms with E-state index in [-0.39, 0.29) is 11.6 Å². The number of nitrogens with one attached hydrogen (secondary N) is 1. The minimum absolute atomic E-state index is 0.259. The van der Waals surface area contributed by atoms with Crippen molar-refractivity contribution in [1.82, 2.24) is 5.32 Å². The largest absolute Gasteiger partial charge is 0.463 e. The first-order valence-corrected chi connectivity index (χ1v) is 14.4. The van der Waals surface area contributed by atoms with E-state index in [0.29, 0.717) is 0 Å². The summed E-state index contributed by atoms with van der Waals surface area (Å²) in [4.78, 5) is 48.2. The van der Waals surface area contributed by atoms with Crippen molar-refractivity contribution in [3.63, 3.8) is 0 Å². The number of ether oxygens (including phenoxy) is 5. The van der Waals surface area contributed by atoms with Gasteiger partial charge in [0, 0.05) is 20.8 Å². The minimum atomic E-state index is -2.56. The molecule has 1 amide bonds. The molecule has 0 aliphatic carbocycles. The highest BCUT2D eigenvalue weighted by Crippen LogP contribution is 2.40. The monoisotopic (exact) mass is 519 g/mol. The van der Waals surface area contributed by atoms with Crippen molar-refractivity contribution in [1.29, 1.82) is 0 Å². The topological polar surface area (TPSA) is 136 Å². The van der Waals surface area contributed by atoms with Crippen LogP contribution in [0.1, 0.15) is 62.3 Å². The van der Waals surface area contributed by atoms with Crippen LogP contribution in [0.3, 0.4) is 0 Å². The van der Waals surface area contributed by atoms with Gasteiger partial charge in [-0.15, -0.1) is 0 Å². The second-order valence-corrected chi connectivity index (χ2v) is 15.8. The van der Waals surface area contributed by atoms with Crippen molar-refractivity contribution in [2.24, 2.45) is 0 Å². The summed E-state index contributed by atoms with van der Waals surface area (Å²) in [5.41, 5.74) is -0.806. The Kier molecular flexibility index (Phi) is 10.3. The molecule has 0 spiro atoms. The van der Waals surface area contributed by atoms with E-state index in [1.807, 2.05) is 33.9 Å². The normalized spacial score (nSPS) is 25.3. The molecule has 11 nitrogen and oxygen atoms in total. The van der Waals surface area contributed by atoms with Crippen LogP contribution in [0.4, 0.5) is 4.79 Å². The molecule has 0 aromatic rings. The van der Waals surface area contributed by atoms with Crippen LogP contribution >= 0.6 is 0 Å². The van der Waals surface area contributed by atoms with Crippen LogP contribution in [-0.4, -0.2) is 75.2 Å². The molecule has 1 N–H and O–H groups in total. The molecule has 1 fully saturated rings. The second-order valence-electron chi connectivity index (χ2n) is 11.0. The SMILES string of the molecule is CC(=O)OC[C@@H]1O[C@H](OC(C)=O)[C@H](NC(=O)OC(C)(C)C)[C@H](O[Si](C)(C)C(C)(C)C)[C@@H]1OC(C)=O. The number of hydrogen-bond donors (Lipinski definition) is 1. The molecule has 0 aromatic carbocycles. The number of carbonyl (C=O) groups excluding carboxylic acids is 4. The van der Waals surface area contributed by atoms with Crippen LogP contribution < -0.4 is 5.32 Å². The van der Waals surface area contributed by atoms with Gasteiger partial charge in [-0.1, -0.05) is 20.8 Å². The van der Waals surface area contributed by atoms with Crippen LogP contribution in [0.5, 0.6) is 0 Å². The maximum absolute atomic E-state index is 12.7. The lowest BCUT2D eigenvalue weighted by Crippen LogP contribution is -2.68. The van der Waals surface area contributed by atoms with Gasteiger partial charge in [-0.05, 0) is 38.9 Å². The van der Waals surface area contributed by atoms with Crippen molar-refractivity contribution in [2.45, 2.75) is 117 Å². The Balaban J connectivity index is 3.57. The van der Waals surface area contributed by atoms with E-state index < -0.39 is 68.6 Å². The van der Waals surface area contributed by atoms with Gasteiger partial charge in [0.15, 0.2) is 14.4 Å². The predicted molar refractivity (Wildman–Crippen MR) is 128 cm³/mol. The molecule has 0 aromatic heterocycles. The van der Waals surface area contributed by atoms with Crippen molar-refractivity contribution in [2.75, 3.05) is 6.61 Å². The standard InChI is InChI=1S/C23H41NO10Si/c1-13(25)29-12-16-18(30-14(2)26)19(34-35(10,11)23(7,8)9)17(20(32-16)31-15(3)27)24-21(28)33-22(4,5)6/h16-20H,12H2,1-11H3,(H,24,28)/t16-,17+,18+,19-,20-/m0/s1. The van der Waals surface area contributed by atoms with Gasteiger partial charge >= 0.3 is 24.0 Å². The fourth-order valence-corrected chi connectivity index (χ4v) is 4.40. The highest BCUT2D eigenvalue weighted by atomic mass is 28.4. The fourth-order valence-electron chi connectivity index (χ4n) is 3.09. The average molecular weight is 520 g/mol. The van der Waals surface area contributed by atoms with E-state index in [1.54, 1.807) is 20.8 Å². The molecule has 0 bridgehead atoms. The fraction of sp³-hybridized carbons (Fsp3) is 0.826. The van der Waals surface area contributed by atoms with Crippen LogP contribution in [0, 0.1) is 0 Å². The van der Waals surface area contributed by atoms with E-state index >= 15 is 0 Å². The Bertz CT molecular complexity index is 786. The molecule has 1 aliphatic rings. The zero-order chi connectivity index (χ0) is 27.4. The van der Waals surface area contributed by atoms with E-state index in [0.717, 1.165) is 0 Å². The predicted octanol–water partition coefficient (Wildman–Crippen LogP) is 3.05. The summed E-state index contributed by atoms with van der Waals surface area (Å²) < 4.78 is 34.0. The number of carbonyl (C=O) groups is 4. The van der Waals surface area contributed by atoms with Gasteiger partial charge in [-0.2, -0.15) is 0 Å². The summed E-state index contributed by atoms with van der Waals surface area (Å²) in [5, 5.41) is 2.42. The van der Waals surface area contributed by atoms with Gasteiger partial charge in [0.1, 0.15) is 30.5 Å². The molecule has 1 rings (SSSR count). The molecule has 5 atom stereocenters. The van der Waals surface area contributed by atoms with Gasteiger partial charge < -0.3 is 33.4 Å². The van der Waals surface area contributed by atoms with Crippen molar-refractivity contribution < 1.29 is 47.3 Å². The first kappa shape index (κ1) is 30.8. The molecule has 0 saturated carbocycles. The maximum atomic E-state index is 12.7. The summed E-state index contributed by atoms with van der Waals surface area (Å²) in [6.45, 7) is 18.5. The quantitative estimate of drug-likeness (QED) is 0.304. The van der Waals surface area contributed by atoms with Gasteiger partial charge in [-0.25, -0.2) is 4.79 Å². The van der Waals surface area contributed by atoms with Crippen molar-refractivity contribution in [3.05, 3.63) is 0 Å². The Labute approximate surface area is 208 Å². The molecule has 12 heteroatoms. The Morgan fingerprint density at radius 2 is 1.40 bits per heavy atom. The minimum Gasteiger partial charge on any atom is -0.463 e. The van der Waals surface area contributed by atoms with Gasteiger partial charge in [0.2, 0.25) is 6.29 Å². The molecule has 202 valence electrons. The third kappa shape index (κ3) is 9.77. The van der Waals surface area contributed by atoms with Crippen molar-refractivity contribution >= 4 is 32.3 Å². The highest BCUT2D eigenvalue weighted by molar-refractivity contribution is 6.74. The average Bonchev–Trinajstić information content (AvgIpc) is 2.61. The third-order valence-corrected chi connectivity index (χ3v) is 10.1. The van der Waals surface area contributed by atoms with E-state index in [9.17, 15) is 19.2 Å². The van der Waals surface area contributed by atoms with E-state index in [1.165, 1.54) is 20.8 Å². The highest BCUT2D eigenvalue weighted by Gasteiger charge is 2.54. The summed E-state index contributed by atoms with van der Waals surface area (Å²) >= 11 is 0. The van der Waals surface area contributed by atoms with Crippen LogP contribution in [0.2, 0.25) is 18.1 Å². The summed E-state index contributed by atoms with van der Waals surface area (Å²) in [6, 6.07) is -1.10. The summed E-state index contributed by atoms with van der Waals surface area (Å²) in [5.74, 6) is -1.87. The van der Waals surface area contributed by atoms with Gasteiger partial charge in [0.25, 0.3) is 0 Å². The van der Waals surface area contributed by atoms with Crippen molar-refractivity contribution in [3.8, 4) is 0 Å². The zero-order valence-electron chi connectivity index (χ0n) is 22.7. The molecule has 1 saturated heterocycles.